The molecule has 1 aromatic carbocycles. The predicted octanol–water partition coefficient (Wildman–Crippen LogP) is 2.41. The van der Waals surface area contributed by atoms with Gasteiger partial charge in [0.2, 0.25) is 5.91 Å². The number of hydrogen-bond donors (Lipinski definition) is 2. The number of carbonyl (C=O) groups excluding carboxylic acids is 2. The van der Waals surface area contributed by atoms with Gasteiger partial charge in [-0.3, -0.25) is 14.5 Å². The Balaban J connectivity index is 1.73. The van der Waals surface area contributed by atoms with E-state index in [1.807, 2.05) is 6.07 Å². The van der Waals surface area contributed by atoms with Gasteiger partial charge in [0.05, 0.1) is 0 Å². The summed E-state index contributed by atoms with van der Waals surface area (Å²) in [6, 6.07) is 7.06. The SMILES string of the molecule is C=C1c2ccccc2C(=O)N1CC(=O)NC1(C(=O)O)CCCCCC1. The van der Waals surface area contributed by atoms with E-state index in [-0.39, 0.29) is 12.5 Å². The third kappa shape index (κ3) is 3.16. The molecule has 132 valence electrons. The molecule has 1 fully saturated rings. The van der Waals surface area contributed by atoms with Gasteiger partial charge < -0.3 is 10.4 Å². The van der Waals surface area contributed by atoms with Crippen LogP contribution in [0.15, 0.2) is 30.8 Å². The molecule has 0 atom stereocenters. The molecule has 1 heterocycles. The number of hydrogen-bond acceptors (Lipinski definition) is 3. The number of carboxylic acid groups (broad SMARTS) is 1. The summed E-state index contributed by atoms with van der Waals surface area (Å²) in [6.07, 6.45) is 4.33. The van der Waals surface area contributed by atoms with Crippen molar-refractivity contribution >= 4 is 23.5 Å². The van der Waals surface area contributed by atoms with Gasteiger partial charge in [-0.15, -0.1) is 0 Å². The summed E-state index contributed by atoms with van der Waals surface area (Å²) in [4.78, 5) is 38.1. The van der Waals surface area contributed by atoms with Gasteiger partial charge in [0, 0.05) is 16.8 Å². The van der Waals surface area contributed by atoms with Crippen molar-refractivity contribution in [1.29, 1.82) is 0 Å². The average Bonchev–Trinajstić information content (AvgIpc) is 2.76. The van der Waals surface area contributed by atoms with Crippen LogP contribution in [0.1, 0.15) is 54.4 Å². The molecular weight excluding hydrogens is 320 g/mol. The van der Waals surface area contributed by atoms with Crippen molar-refractivity contribution < 1.29 is 19.5 Å². The Bertz CT molecular complexity index is 698. The predicted molar refractivity (Wildman–Crippen MR) is 92.7 cm³/mol. The second kappa shape index (κ2) is 6.70. The van der Waals surface area contributed by atoms with Crippen LogP contribution in [-0.4, -0.2) is 39.9 Å². The highest BCUT2D eigenvalue weighted by molar-refractivity contribution is 6.10. The molecule has 2 N–H and O–H groups in total. The zero-order valence-electron chi connectivity index (χ0n) is 14.1. The molecule has 6 nitrogen and oxygen atoms in total. The second-order valence-corrected chi connectivity index (χ2v) is 6.73. The monoisotopic (exact) mass is 342 g/mol. The first kappa shape index (κ1) is 17.2. The number of rotatable bonds is 4. The van der Waals surface area contributed by atoms with E-state index in [1.54, 1.807) is 18.2 Å². The molecule has 0 saturated heterocycles. The third-order valence-electron chi connectivity index (χ3n) is 5.09. The summed E-state index contributed by atoms with van der Waals surface area (Å²) in [5, 5.41) is 12.3. The van der Waals surface area contributed by atoms with Crippen molar-refractivity contribution in [3.05, 3.63) is 42.0 Å². The lowest BCUT2D eigenvalue weighted by molar-refractivity contribution is -0.148. The van der Waals surface area contributed by atoms with Crippen LogP contribution in [0.5, 0.6) is 0 Å². The number of carboxylic acids is 1. The molecule has 2 aliphatic rings. The van der Waals surface area contributed by atoms with Crippen LogP contribution in [0, 0.1) is 0 Å². The first-order valence-corrected chi connectivity index (χ1v) is 8.59. The van der Waals surface area contributed by atoms with Crippen molar-refractivity contribution in [2.24, 2.45) is 0 Å². The molecule has 2 amide bonds. The van der Waals surface area contributed by atoms with Gasteiger partial charge in [-0.2, -0.15) is 0 Å². The van der Waals surface area contributed by atoms with E-state index in [0.29, 0.717) is 29.7 Å². The van der Waals surface area contributed by atoms with Crippen LogP contribution in [0.2, 0.25) is 0 Å². The minimum absolute atomic E-state index is 0.221. The molecular formula is C19H22N2O4. The van der Waals surface area contributed by atoms with E-state index >= 15 is 0 Å². The minimum Gasteiger partial charge on any atom is -0.480 e. The maximum atomic E-state index is 12.5. The van der Waals surface area contributed by atoms with Gasteiger partial charge in [0.1, 0.15) is 12.1 Å². The highest BCUT2D eigenvalue weighted by Crippen LogP contribution is 2.31. The van der Waals surface area contributed by atoms with E-state index < -0.39 is 17.4 Å². The molecule has 0 aromatic heterocycles. The molecule has 0 bridgehead atoms. The maximum absolute atomic E-state index is 12.5. The van der Waals surface area contributed by atoms with E-state index in [1.165, 1.54) is 4.90 Å². The molecule has 1 aliphatic carbocycles. The number of carbonyl (C=O) groups is 3. The average molecular weight is 342 g/mol. The van der Waals surface area contributed by atoms with Crippen LogP contribution in [-0.2, 0) is 9.59 Å². The number of nitrogens with zero attached hydrogens (tertiary/aromatic N) is 1. The summed E-state index contributed by atoms with van der Waals surface area (Å²) in [5.74, 6) is -1.75. The van der Waals surface area contributed by atoms with E-state index in [2.05, 4.69) is 11.9 Å². The first-order chi connectivity index (χ1) is 11.9. The highest BCUT2D eigenvalue weighted by Gasteiger charge is 2.41. The van der Waals surface area contributed by atoms with Crippen LogP contribution >= 0.6 is 0 Å². The highest BCUT2D eigenvalue weighted by atomic mass is 16.4. The fourth-order valence-electron chi connectivity index (χ4n) is 3.68. The van der Waals surface area contributed by atoms with E-state index in [9.17, 15) is 19.5 Å². The van der Waals surface area contributed by atoms with Crippen molar-refractivity contribution in [3.63, 3.8) is 0 Å². The Hall–Kier alpha value is -2.63. The number of aliphatic carboxylic acids is 1. The molecule has 6 heteroatoms. The topological polar surface area (TPSA) is 86.7 Å². The molecule has 1 aliphatic heterocycles. The van der Waals surface area contributed by atoms with Gasteiger partial charge in [-0.05, 0) is 18.9 Å². The Kier molecular flexibility index (Phi) is 4.61. The Morgan fingerprint density at radius 3 is 2.28 bits per heavy atom. The second-order valence-electron chi connectivity index (χ2n) is 6.73. The number of amides is 2. The lowest BCUT2D eigenvalue weighted by atomic mass is 9.90. The standard InChI is InChI=1S/C19H22N2O4/c1-13-14-8-4-5-9-15(14)17(23)21(13)12-16(22)20-19(18(24)25)10-6-2-3-7-11-19/h4-5,8-9H,1-3,6-7,10-12H2,(H,20,22)(H,24,25). The first-order valence-electron chi connectivity index (χ1n) is 8.59. The molecule has 0 spiro atoms. The summed E-state index contributed by atoms with van der Waals surface area (Å²) in [6.45, 7) is 3.68. The van der Waals surface area contributed by atoms with Crippen molar-refractivity contribution in [2.45, 2.75) is 44.1 Å². The summed E-state index contributed by atoms with van der Waals surface area (Å²) in [5.41, 5.74) is 0.469. The molecule has 0 unspecified atom stereocenters. The Morgan fingerprint density at radius 1 is 1.12 bits per heavy atom. The van der Waals surface area contributed by atoms with Crippen LogP contribution in [0.3, 0.4) is 0 Å². The molecule has 3 rings (SSSR count). The third-order valence-corrected chi connectivity index (χ3v) is 5.09. The number of fused-ring (bicyclic) bond motifs is 1. The molecule has 0 radical (unpaired) electrons. The maximum Gasteiger partial charge on any atom is 0.329 e. The fourth-order valence-corrected chi connectivity index (χ4v) is 3.68. The van der Waals surface area contributed by atoms with Crippen LogP contribution in [0.25, 0.3) is 5.70 Å². The normalized spacial score (nSPS) is 19.3. The molecule has 1 aromatic rings. The largest absolute Gasteiger partial charge is 0.480 e. The lowest BCUT2D eigenvalue weighted by Crippen LogP contribution is -2.56. The number of benzene rings is 1. The van der Waals surface area contributed by atoms with Crippen molar-refractivity contribution in [1.82, 2.24) is 10.2 Å². The summed E-state index contributed by atoms with van der Waals surface area (Å²) >= 11 is 0. The van der Waals surface area contributed by atoms with Crippen molar-refractivity contribution in [2.75, 3.05) is 6.54 Å². The zero-order valence-corrected chi connectivity index (χ0v) is 14.1. The zero-order chi connectivity index (χ0) is 18.0. The Morgan fingerprint density at radius 2 is 1.72 bits per heavy atom. The van der Waals surface area contributed by atoms with Gasteiger partial charge >= 0.3 is 5.97 Å². The Labute approximate surface area is 146 Å². The van der Waals surface area contributed by atoms with E-state index in [4.69, 9.17) is 0 Å². The van der Waals surface area contributed by atoms with Crippen molar-refractivity contribution in [3.8, 4) is 0 Å². The smallest absolute Gasteiger partial charge is 0.329 e. The molecule has 1 saturated carbocycles. The van der Waals surface area contributed by atoms with Crippen LogP contribution in [0.4, 0.5) is 0 Å². The summed E-state index contributed by atoms with van der Waals surface area (Å²) < 4.78 is 0. The lowest BCUT2D eigenvalue weighted by Gasteiger charge is -2.30. The fraction of sp³-hybridized carbons (Fsp3) is 0.421. The minimum atomic E-state index is -1.23. The number of nitrogens with one attached hydrogen (secondary N) is 1. The molecule has 25 heavy (non-hydrogen) atoms. The van der Waals surface area contributed by atoms with E-state index in [0.717, 1.165) is 25.7 Å². The van der Waals surface area contributed by atoms with Gasteiger partial charge in [0.15, 0.2) is 0 Å². The quantitative estimate of drug-likeness (QED) is 0.823. The van der Waals surface area contributed by atoms with Gasteiger partial charge in [0.25, 0.3) is 5.91 Å². The van der Waals surface area contributed by atoms with Crippen LogP contribution < -0.4 is 5.32 Å². The van der Waals surface area contributed by atoms with Gasteiger partial charge in [-0.1, -0.05) is 50.5 Å². The van der Waals surface area contributed by atoms with Gasteiger partial charge in [-0.25, -0.2) is 4.79 Å². The summed E-state index contributed by atoms with van der Waals surface area (Å²) in [7, 11) is 0.